The maximum atomic E-state index is 14.4. The van der Waals surface area contributed by atoms with Gasteiger partial charge in [0.15, 0.2) is 5.82 Å². The van der Waals surface area contributed by atoms with Crippen molar-refractivity contribution >= 4 is 23.1 Å². The number of nitrogens with two attached hydrogens (primary N) is 1. The Hall–Kier alpha value is -2.21. The molecule has 0 amide bonds. The van der Waals surface area contributed by atoms with Crippen LogP contribution in [0.4, 0.5) is 10.1 Å². The summed E-state index contributed by atoms with van der Waals surface area (Å²) in [5.41, 5.74) is 7.61. The van der Waals surface area contributed by atoms with E-state index in [2.05, 4.69) is 25.8 Å². The molecule has 3 aromatic rings. The zero-order chi connectivity index (χ0) is 17.5. The fourth-order valence-corrected chi connectivity index (χ4v) is 3.56. The topological polar surface area (TPSA) is 52.5 Å². The van der Waals surface area contributed by atoms with Crippen LogP contribution in [0.2, 0.25) is 0 Å². The molecule has 4 nitrogen and oxygen atoms in total. The van der Waals surface area contributed by atoms with E-state index in [0.717, 1.165) is 10.6 Å². The Balaban J connectivity index is 2.21. The van der Waals surface area contributed by atoms with E-state index < -0.39 is 5.82 Å². The highest BCUT2D eigenvalue weighted by atomic mass is 32.2. The van der Waals surface area contributed by atoms with Crippen molar-refractivity contribution in [2.75, 3.05) is 12.8 Å². The second kappa shape index (κ2) is 6.02. The summed E-state index contributed by atoms with van der Waals surface area (Å²) in [6, 6.07) is 6.85. The van der Waals surface area contributed by atoms with Crippen molar-refractivity contribution in [2.24, 2.45) is 0 Å². The molecule has 1 aromatic carbocycles. The fraction of sp³-hybridized carbons (Fsp3) is 0.278. The van der Waals surface area contributed by atoms with E-state index in [-0.39, 0.29) is 10.4 Å². The number of thioether (sulfide) groups is 1. The molecule has 2 heterocycles. The number of nitrogens with zero attached hydrogens (tertiary/aromatic N) is 2. The van der Waals surface area contributed by atoms with Gasteiger partial charge in [-0.2, -0.15) is 0 Å². The van der Waals surface area contributed by atoms with Crippen molar-refractivity contribution in [3.05, 3.63) is 42.5 Å². The van der Waals surface area contributed by atoms with Crippen LogP contribution in [0.15, 0.2) is 41.6 Å². The lowest BCUT2D eigenvalue weighted by Gasteiger charge is -2.19. The fourth-order valence-electron chi connectivity index (χ4n) is 2.50. The molecule has 2 aromatic heterocycles. The molecule has 0 radical (unpaired) electrons. The summed E-state index contributed by atoms with van der Waals surface area (Å²) in [6.07, 6.45) is 3.59. The number of halogens is 1. The second-order valence-corrected chi connectivity index (χ2v) is 8.37. The van der Waals surface area contributed by atoms with Gasteiger partial charge in [-0.05, 0) is 12.1 Å². The number of imidazole rings is 1. The highest BCUT2D eigenvalue weighted by Gasteiger charge is 2.19. The van der Waals surface area contributed by atoms with Crippen molar-refractivity contribution in [3.63, 3.8) is 0 Å². The number of pyridine rings is 1. The highest BCUT2D eigenvalue weighted by molar-refractivity contribution is 8.00. The summed E-state index contributed by atoms with van der Waals surface area (Å²) in [5, 5.41) is 0. The lowest BCUT2D eigenvalue weighted by atomic mass is 10.1. The van der Waals surface area contributed by atoms with E-state index in [9.17, 15) is 4.39 Å². The van der Waals surface area contributed by atoms with Crippen LogP contribution in [0.3, 0.4) is 0 Å². The first kappa shape index (κ1) is 16.6. The Morgan fingerprint density at radius 2 is 2.04 bits per heavy atom. The summed E-state index contributed by atoms with van der Waals surface area (Å²) in [5.74, 6) is 0.327. The van der Waals surface area contributed by atoms with Gasteiger partial charge in [0, 0.05) is 22.6 Å². The first-order valence-electron chi connectivity index (χ1n) is 7.58. The number of benzene rings is 1. The van der Waals surface area contributed by atoms with Crippen LogP contribution in [-0.2, 0) is 0 Å². The summed E-state index contributed by atoms with van der Waals surface area (Å²) in [4.78, 5) is 5.35. The highest BCUT2D eigenvalue weighted by Crippen LogP contribution is 2.39. The quantitative estimate of drug-likeness (QED) is 0.556. The number of aromatic nitrogens is 2. The predicted molar refractivity (Wildman–Crippen MR) is 97.2 cm³/mol. The number of ether oxygens (including phenoxy) is 1. The van der Waals surface area contributed by atoms with E-state index in [4.69, 9.17) is 10.5 Å². The van der Waals surface area contributed by atoms with Crippen LogP contribution >= 0.6 is 11.8 Å². The third kappa shape index (κ3) is 3.06. The van der Waals surface area contributed by atoms with E-state index in [1.54, 1.807) is 43.3 Å². The van der Waals surface area contributed by atoms with Gasteiger partial charge in [0.05, 0.1) is 29.6 Å². The van der Waals surface area contributed by atoms with Crippen molar-refractivity contribution in [2.45, 2.75) is 30.4 Å². The summed E-state index contributed by atoms with van der Waals surface area (Å²) in [7, 11) is 1.64. The molecule has 0 aliphatic carbocycles. The molecule has 126 valence electrons. The number of hydrogen-bond donors (Lipinski definition) is 1. The smallest absolute Gasteiger partial charge is 0.155 e. The molecule has 6 heteroatoms. The molecule has 0 fully saturated rings. The monoisotopic (exact) mass is 345 g/mol. The minimum atomic E-state index is -0.430. The third-order valence-electron chi connectivity index (χ3n) is 3.52. The van der Waals surface area contributed by atoms with Gasteiger partial charge in [0.2, 0.25) is 0 Å². The molecule has 0 atom stereocenters. The second-order valence-electron chi connectivity index (χ2n) is 6.50. The number of rotatable bonds is 3. The van der Waals surface area contributed by atoms with E-state index in [1.807, 2.05) is 16.7 Å². The number of anilines is 1. The molecular weight excluding hydrogens is 325 g/mol. The molecular formula is C18H20FN3OS. The standard InChI is InChI=1S/C18H20FN3OS/c1-18(2,3)24-15-10-22-13(9-21-16(22)8-14(15)23-4)11-6-5-7-12(20)17(11)19/h5-10H,20H2,1-4H3. The zero-order valence-electron chi connectivity index (χ0n) is 14.1. The molecule has 0 bridgehead atoms. The summed E-state index contributed by atoms with van der Waals surface area (Å²) < 4.78 is 21.8. The zero-order valence-corrected chi connectivity index (χ0v) is 14.9. The minimum Gasteiger partial charge on any atom is -0.495 e. The minimum absolute atomic E-state index is 0.0180. The molecule has 0 unspecified atom stereocenters. The first-order valence-corrected chi connectivity index (χ1v) is 8.40. The van der Waals surface area contributed by atoms with Crippen LogP contribution in [0.1, 0.15) is 20.8 Å². The van der Waals surface area contributed by atoms with Crippen LogP contribution in [0, 0.1) is 5.82 Å². The van der Waals surface area contributed by atoms with Crippen LogP contribution in [0.25, 0.3) is 16.9 Å². The Kier molecular flexibility index (Phi) is 4.17. The van der Waals surface area contributed by atoms with Gasteiger partial charge in [0.1, 0.15) is 11.4 Å². The molecule has 0 aliphatic heterocycles. The maximum Gasteiger partial charge on any atom is 0.155 e. The Bertz CT molecular complexity index is 899. The average Bonchev–Trinajstić information content (AvgIpc) is 2.90. The van der Waals surface area contributed by atoms with E-state index >= 15 is 0 Å². The van der Waals surface area contributed by atoms with Crippen molar-refractivity contribution in [1.82, 2.24) is 9.38 Å². The van der Waals surface area contributed by atoms with Crippen molar-refractivity contribution in [1.29, 1.82) is 0 Å². The molecule has 3 rings (SSSR count). The van der Waals surface area contributed by atoms with Gasteiger partial charge in [-0.1, -0.05) is 26.8 Å². The van der Waals surface area contributed by atoms with Gasteiger partial charge in [0.25, 0.3) is 0 Å². The van der Waals surface area contributed by atoms with Crippen LogP contribution < -0.4 is 10.5 Å². The van der Waals surface area contributed by atoms with Gasteiger partial charge >= 0.3 is 0 Å². The Morgan fingerprint density at radius 1 is 1.29 bits per heavy atom. The molecule has 0 saturated heterocycles. The SMILES string of the molecule is COc1cc2ncc(-c3cccc(N)c3F)n2cc1SC(C)(C)C. The first-order chi connectivity index (χ1) is 11.3. The van der Waals surface area contributed by atoms with Gasteiger partial charge in [-0.15, -0.1) is 11.8 Å². The van der Waals surface area contributed by atoms with E-state index in [1.165, 1.54) is 0 Å². The Labute approximate surface area is 144 Å². The number of fused-ring (bicyclic) bond motifs is 1. The lowest BCUT2D eigenvalue weighted by Crippen LogP contribution is -2.08. The number of nitrogen functional groups attached to an aromatic ring is 1. The molecule has 0 spiro atoms. The largest absolute Gasteiger partial charge is 0.495 e. The molecule has 24 heavy (non-hydrogen) atoms. The Morgan fingerprint density at radius 3 is 2.71 bits per heavy atom. The molecule has 2 N–H and O–H groups in total. The number of hydrogen-bond acceptors (Lipinski definition) is 4. The number of methoxy groups -OCH3 is 1. The van der Waals surface area contributed by atoms with Crippen LogP contribution in [-0.4, -0.2) is 21.2 Å². The van der Waals surface area contributed by atoms with Gasteiger partial charge < -0.3 is 10.5 Å². The third-order valence-corrected chi connectivity index (χ3v) is 4.65. The van der Waals surface area contributed by atoms with Gasteiger partial charge in [-0.3, -0.25) is 4.40 Å². The maximum absolute atomic E-state index is 14.4. The molecule has 0 saturated carbocycles. The summed E-state index contributed by atoms with van der Waals surface area (Å²) >= 11 is 1.69. The molecule has 0 aliphatic rings. The van der Waals surface area contributed by atoms with Gasteiger partial charge in [-0.25, -0.2) is 9.37 Å². The summed E-state index contributed by atoms with van der Waals surface area (Å²) in [6.45, 7) is 6.40. The predicted octanol–water partition coefficient (Wildman–Crippen LogP) is 4.62. The van der Waals surface area contributed by atoms with E-state index in [0.29, 0.717) is 16.9 Å². The lowest BCUT2D eigenvalue weighted by molar-refractivity contribution is 0.404. The van der Waals surface area contributed by atoms with Crippen molar-refractivity contribution < 1.29 is 9.13 Å². The average molecular weight is 345 g/mol. The van der Waals surface area contributed by atoms with Crippen LogP contribution in [0.5, 0.6) is 5.75 Å². The van der Waals surface area contributed by atoms with Crippen molar-refractivity contribution in [3.8, 4) is 17.0 Å². The normalized spacial score (nSPS) is 11.9.